The van der Waals surface area contributed by atoms with Crippen molar-refractivity contribution in [2.24, 2.45) is 0 Å². The van der Waals surface area contributed by atoms with Crippen molar-refractivity contribution in [3.05, 3.63) is 34.2 Å². The molecule has 0 bridgehead atoms. The molecule has 0 aliphatic carbocycles. The number of likely N-dealkylation sites (tertiary alicyclic amines) is 1. The minimum Gasteiger partial charge on any atom is -0.480 e. The summed E-state index contributed by atoms with van der Waals surface area (Å²) in [5.41, 5.74) is 0. The first kappa shape index (κ1) is 14.4. The molecule has 21 heavy (non-hydrogen) atoms. The summed E-state index contributed by atoms with van der Waals surface area (Å²) in [7, 11) is 0. The summed E-state index contributed by atoms with van der Waals surface area (Å²) in [5, 5.41) is 10.6. The second-order valence-corrected chi connectivity index (χ2v) is 6.52. The molecule has 0 saturated carbocycles. The van der Waals surface area contributed by atoms with E-state index in [1.807, 2.05) is 24.3 Å². The van der Waals surface area contributed by atoms with E-state index in [9.17, 15) is 14.7 Å². The number of thiophene rings is 1. The fraction of sp³-hybridized carbons (Fsp3) is 0.333. The van der Waals surface area contributed by atoms with Crippen molar-refractivity contribution >= 4 is 44.9 Å². The number of carboxylic acid groups (broad SMARTS) is 1. The first-order valence-corrected chi connectivity index (χ1v) is 8.00. The quantitative estimate of drug-likeness (QED) is 0.918. The van der Waals surface area contributed by atoms with E-state index in [0.717, 1.165) is 22.9 Å². The van der Waals surface area contributed by atoms with Crippen LogP contribution in [0.3, 0.4) is 0 Å². The highest BCUT2D eigenvalue weighted by molar-refractivity contribution is 7.21. The standard InChI is InChI=1S/C15H14ClNO3S/c16-12-9-5-1-2-7-11(9)21-13(12)14(18)17-8-4-3-6-10(17)15(19)20/h1-2,5,7,10H,3-4,6,8H2,(H,19,20)/t10-/m1/s1. The van der Waals surface area contributed by atoms with Gasteiger partial charge in [-0.15, -0.1) is 11.3 Å². The summed E-state index contributed by atoms with van der Waals surface area (Å²) in [6.45, 7) is 0.473. The molecule has 1 N–H and O–H groups in total. The predicted molar refractivity (Wildman–Crippen MR) is 83.1 cm³/mol. The van der Waals surface area contributed by atoms with Gasteiger partial charge in [-0.1, -0.05) is 29.8 Å². The number of nitrogens with zero attached hydrogens (tertiary/aromatic N) is 1. The van der Waals surface area contributed by atoms with Crippen LogP contribution in [0.1, 0.15) is 28.9 Å². The molecule has 4 nitrogen and oxygen atoms in total. The normalized spacial score (nSPS) is 18.9. The van der Waals surface area contributed by atoms with E-state index >= 15 is 0 Å². The predicted octanol–water partition coefficient (Wildman–Crippen LogP) is 3.63. The minimum absolute atomic E-state index is 0.270. The highest BCUT2D eigenvalue weighted by atomic mass is 35.5. The highest BCUT2D eigenvalue weighted by Gasteiger charge is 2.34. The Morgan fingerprint density at radius 2 is 2.05 bits per heavy atom. The molecular weight excluding hydrogens is 310 g/mol. The molecule has 1 atom stereocenters. The third kappa shape index (κ3) is 2.51. The van der Waals surface area contributed by atoms with Crippen LogP contribution in [0.25, 0.3) is 10.1 Å². The van der Waals surface area contributed by atoms with Crippen LogP contribution in [-0.4, -0.2) is 34.5 Å². The van der Waals surface area contributed by atoms with Crippen molar-refractivity contribution < 1.29 is 14.7 Å². The van der Waals surface area contributed by atoms with Gasteiger partial charge in [-0.25, -0.2) is 4.79 Å². The van der Waals surface area contributed by atoms with Crippen LogP contribution < -0.4 is 0 Å². The average Bonchev–Trinajstić information content (AvgIpc) is 2.84. The number of carboxylic acids is 1. The maximum atomic E-state index is 12.7. The smallest absolute Gasteiger partial charge is 0.326 e. The largest absolute Gasteiger partial charge is 0.480 e. The van der Waals surface area contributed by atoms with E-state index in [0.29, 0.717) is 22.9 Å². The number of amides is 1. The third-order valence-electron chi connectivity index (χ3n) is 3.78. The van der Waals surface area contributed by atoms with Gasteiger partial charge in [-0.3, -0.25) is 4.79 Å². The summed E-state index contributed by atoms with van der Waals surface area (Å²) in [4.78, 5) is 25.9. The Balaban J connectivity index is 1.99. The van der Waals surface area contributed by atoms with Crippen molar-refractivity contribution in [3.8, 4) is 0 Å². The summed E-state index contributed by atoms with van der Waals surface area (Å²) in [6.07, 6.45) is 2.17. The number of aliphatic carboxylic acids is 1. The van der Waals surface area contributed by atoms with Crippen molar-refractivity contribution in [1.29, 1.82) is 0 Å². The SMILES string of the molecule is O=C(O)[C@H]1CCCCN1C(=O)c1sc2ccccc2c1Cl. The number of carbonyl (C=O) groups excluding carboxylic acids is 1. The molecule has 2 heterocycles. The van der Waals surface area contributed by atoms with Crippen molar-refractivity contribution in [2.45, 2.75) is 25.3 Å². The van der Waals surface area contributed by atoms with Gasteiger partial charge in [0.15, 0.2) is 0 Å². The van der Waals surface area contributed by atoms with Gasteiger partial charge in [0.1, 0.15) is 10.9 Å². The molecule has 1 aromatic carbocycles. The van der Waals surface area contributed by atoms with Crippen LogP contribution in [0.5, 0.6) is 0 Å². The monoisotopic (exact) mass is 323 g/mol. The van der Waals surface area contributed by atoms with Crippen molar-refractivity contribution in [2.75, 3.05) is 6.54 Å². The topological polar surface area (TPSA) is 57.6 Å². The van der Waals surface area contributed by atoms with Crippen LogP contribution in [0, 0.1) is 0 Å². The van der Waals surface area contributed by atoms with E-state index in [4.69, 9.17) is 11.6 Å². The van der Waals surface area contributed by atoms with Crippen LogP contribution in [0.4, 0.5) is 0 Å². The molecule has 3 rings (SSSR count). The number of carbonyl (C=O) groups is 2. The molecule has 1 aliphatic heterocycles. The van der Waals surface area contributed by atoms with Gasteiger partial charge < -0.3 is 10.0 Å². The number of benzene rings is 1. The Hall–Kier alpha value is -1.59. The van der Waals surface area contributed by atoms with Gasteiger partial charge in [-0.05, 0) is 25.3 Å². The minimum atomic E-state index is -0.944. The first-order valence-electron chi connectivity index (χ1n) is 6.80. The zero-order valence-electron chi connectivity index (χ0n) is 11.2. The van der Waals surface area contributed by atoms with Gasteiger partial charge in [-0.2, -0.15) is 0 Å². The molecule has 1 aromatic heterocycles. The Kier molecular flexibility index (Phi) is 3.87. The molecule has 2 aromatic rings. The van der Waals surface area contributed by atoms with Crippen LogP contribution in [-0.2, 0) is 4.79 Å². The van der Waals surface area contributed by atoms with Crippen molar-refractivity contribution in [3.63, 3.8) is 0 Å². The van der Waals surface area contributed by atoms with E-state index in [1.54, 1.807) is 0 Å². The number of hydrogen-bond acceptors (Lipinski definition) is 3. The Labute approximate surface area is 130 Å². The lowest BCUT2D eigenvalue weighted by Gasteiger charge is -2.32. The van der Waals surface area contributed by atoms with E-state index in [1.165, 1.54) is 16.2 Å². The molecule has 0 spiro atoms. The molecule has 110 valence electrons. The Morgan fingerprint density at radius 3 is 2.76 bits per heavy atom. The molecule has 1 amide bonds. The summed E-state index contributed by atoms with van der Waals surface area (Å²) >= 11 is 7.64. The van der Waals surface area contributed by atoms with Crippen LogP contribution in [0.15, 0.2) is 24.3 Å². The number of hydrogen-bond donors (Lipinski definition) is 1. The molecule has 6 heteroatoms. The molecule has 0 unspecified atom stereocenters. The summed E-state index contributed by atoms with van der Waals surface area (Å²) in [6, 6.07) is 6.80. The van der Waals surface area contributed by atoms with Gasteiger partial charge >= 0.3 is 5.97 Å². The fourth-order valence-corrected chi connectivity index (χ4v) is 4.18. The number of rotatable bonds is 2. The lowest BCUT2D eigenvalue weighted by Crippen LogP contribution is -2.47. The van der Waals surface area contributed by atoms with Gasteiger partial charge in [0.2, 0.25) is 0 Å². The maximum absolute atomic E-state index is 12.7. The molecule has 1 aliphatic rings. The lowest BCUT2D eigenvalue weighted by atomic mass is 10.0. The summed E-state index contributed by atoms with van der Waals surface area (Å²) in [5.74, 6) is -1.21. The Bertz CT molecular complexity index is 712. The highest BCUT2D eigenvalue weighted by Crippen LogP contribution is 2.36. The van der Waals surface area contributed by atoms with Crippen LogP contribution >= 0.6 is 22.9 Å². The number of piperidine rings is 1. The van der Waals surface area contributed by atoms with E-state index in [-0.39, 0.29) is 5.91 Å². The summed E-state index contributed by atoms with van der Waals surface area (Å²) < 4.78 is 0.940. The van der Waals surface area contributed by atoms with E-state index in [2.05, 4.69) is 0 Å². The molecule has 0 radical (unpaired) electrons. The zero-order chi connectivity index (χ0) is 15.0. The molecule has 1 fully saturated rings. The second-order valence-electron chi connectivity index (χ2n) is 5.09. The van der Waals surface area contributed by atoms with Crippen molar-refractivity contribution in [1.82, 2.24) is 4.90 Å². The maximum Gasteiger partial charge on any atom is 0.326 e. The fourth-order valence-electron chi connectivity index (χ4n) is 2.71. The van der Waals surface area contributed by atoms with E-state index < -0.39 is 12.0 Å². The zero-order valence-corrected chi connectivity index (χ0v) is 12.8. The molecular formula is C15H14ClNO3S. The third-order valence-corrected chi connectivity index (χ3v) is 5.44. The van der Waals surface area contributed by atoms with Gasteiger partial charge in [0.05, 0.1) is 5.02 Å². The number of halogens is 1. The van der Waals surface area contributed by atoms with Crippen LogP contribution in [0.2, 0.25) is 5.02 Å². The van der Waals surface area contributed by atoms with Gasteiger partial charge in [0.25, 0.3) is 5.91 Å². The Morgan fingerprint density at radius 1 is 1.29 bits per heavy atom. The lowest BCUT2D eigenvalue weighted by molar-refractivity contribution is -0.143. The number of fused-ring (bicyclic) bond motifs is 1. The average molecular weight is 324 g/mol. The first-order chi connectivity index (χ1) is 10.1. The molecule has 1 saturated heterocycles. The second kappa shape index (κ2) is 5.66. The van der Waals surface area contributed by atoms with Gasteiger partial charge in [0, 0.05) is 16.6 Å².